The number of hydrogen-bond acceptors (Lipinski definition) is 8. The van der Waals surface area contributed by atoms with Gasteiger partial charge in [0, 0.05) is 50.6 Å². The number of benzene rings is 2. The third-order valence-corrected chi connectivity index (χ3v) is 11.5. The standard InChI is InChI=1S/C38H60N4O6S.C9H12/c1-25(2)20-31(36(45)46)48-37(47)27(4)21-39-33(44)22-40-32(43)11-9-8-10-26(3)34-28(5)35(34)30-14-12-29(13-15-30)23-41-16-18-42(19-17-41)24-38(6,7)49;1-7-4-5-8(2)9(3)6-7/h9,11-15,25-28,31,34-35,49H,8,10,16-24H2,1-7H3,(H,39,44)(H,40,43)(H,45,46);4-6H,1-3H3/b11-9+;/t26-,27+,28?,31-,34?,35+;/m0./s1. The first-order valence-electron chi connectivity index (χ1n) is 21.2. The van der Waals surface area contributed by atoms with Gasteiger partial charge >= 0.3 is 11.9 Å². The van der Waals surface area contributed by atoms with E-state index >= 15 is 0 Å². The summed E-state index contributed by atoms with van der Waals surface area (Å²) in [5.41, 5.74) is 6.89. The number of aryl methyl sites for hydroxylation is 3. The molecule has 4 rings (SSSR count). The first kappa shape index (κ1) is 48.7. The summed E-state index contributed by atoms with van der Waals surface area (Å²) in [5, 5.41) is 14.4. The van der Waals surface area contributed by atoms with Gasteiger partial charge in [0.25, 0.3) is 0 Å². The SMILES string of the molecule is CC(C)C[C@H](OC(=O)[C@H](C)CNC(=O)CNC(=O)/C=C/CC[C@H](C)C1C(C)[C@@H]1c1ccc(CN2CCN(CC(C)(C)S)CC2)cc1)C(=O)O.Cc1ccc(C)c(C)c1. The molecule has 1 heterocycles. The van der Waals surface area contributed by atoms with Crippen LogP contribution in [0.3, 0.4) is 0 Å². The lowest BCUT2D eigenvalue weighted by Gasteiger charge is -2.37. The lowest BCUT2D eigenvalue weighted by Crippen LogP contribution is -2.49. The number of nitrogens with zero attached hydrogens (tertiary/aromatic N) is 2. The molecule has 1 aliphatic heterocycles. The summed E-state index contributed by atoms with van der Waals surface area (Å²) in [6.45, 7) is 26.8. The first-order valence-corrected chi connectivity index (χ1v) is 21.6. The number of esters is 1. The highest BCUT2D eigenvalue weighted by molar-refractivity contribution is 7.81. The molecule has 2 aromatic rings. The summed E-state index contributed by atoms with van der Waals surface area (Å²) in [5.74, 6) is -0.984. The van der Waals surface area contributed by atoms with Gasteiger partial charge in [-0.25, -0.2) is 4.79 Å². The van der Waals surface area contributed by atoms with E-state index in [1.54, 1.807) is 6.92 Å². The molecule has 0 aromatic heterocycles. The Kier molecular flexibility index (Phi) is 19.5. The van der Waals surface area contributed by atoms with Gasteiger partial charge in [0.2, 0.25) is 11.8 Å². The number of ether oxygens (including phenoxy) is 1. The fourth-order valence-corrected chi connectivity index (χ4v) is 8.00. The number of thiol groups is 1. The van der Waals surface area contributed by atoms with E-state index in [0.717, 1.165) is 52.1 Å². The molecule has 1 aliphatic carbocycles. The number of allylic oxidation sites excluding steroid dienone is 1. The topological polar surface area (TPSA) is 128 Å². The molecule has 1 saturated carbocycles. The molecule has 2 aromatic carbocycles. The number of aliphatic carboxylic acids is 1. The molecule has 0 spiro atoms. The van der Waals surface area contributed by atoms with Gasteiger partial charge in [0.15, 0.2) is 6.10 Å². The normalized spacial score (nSPS) is 20.1. The molecule has 2 fully saturated rings. The molecule has 3 N–H and O–H groups in total. The van der Waals surface area contributed by atoms with Gasteiger partial charge in [0.05, 0.1) is 12.5 Å². The maximum absolute atomic E-state index is 12.3. The van der Waals surface area contributed by atoms with Crippen molar-refractivity contribution in [3.8, 4) is 0 Å². The maximum Gasteiger partial charge on any atom is 0.345 e. The Hall–Kier alpha value is -3.67. The Bertz CT molecular complexity index is 1660. The van der Waals surface area contributed by atoms with Gasteiger partial charge in [-0.15, -0.1) is 0 Å². The highest BCUT2D eigenvalue weighted by atomic mass is 32.1. The van der Waals surface area contributed by atoms with Crippen LogP contribution in [0.2, 0.25) is 0 Å². The summed E-state index contributed by atoms with van der Waals surface area (Å²) in [6, 6.07) is 15.7. The Labute approximate surface area is 354 Å². The van der Waals surface area contributed by atoms with E-state index in [9.17, 15) is 24.3 Å². The monoisotopic (exact) mass is 821 g/mol. The fourth-order valence-electron chi connectivity index (χ4n) is 7.80. The van der Waals surface area contributed by atoms with Crippen molar-refractivity contribution in [2.75, 3.05) is 45.8 Å². The van der Waals surface area contributed by atoms with E-state index in [4.69, 9.17) is 4.74 Å². The zero-order valence-corrected chi connectivity index (χ0v) is 37.7. The predicted octanol–water partition coefficient (Wildman–Crippen LogP) is 7.36. The Morgan fingerprint density at radius 1 is 0.931 bits per heavy atom. The number of carbonyl (C=O) groups is 4. The second-order valence-corrected chi connectivity index (χ2v) is 19.1. The molecule has 2 aliphatic rings. The van der Waals surface area contributed by atoms with Crippen molar-refractivity contribution in [3.63, 3.8) is 0 Å². The van der Waals surface area contributed by atoms with Gasteiger partial charge in [-0.1, -0.05) is 88.7 Å². The van der Waals surface area contributed by atoms with Crippen LogP contribution in [0, 0.1) is 50.4 Å². The zero-order valence-electron chi connectivity index (χ0n) is 36.8. The predicted molar refractivity (Wildman–Crippen MR) is 237 cm³/mol. The van der Waals surface area contributed by atoms with E-state index < -0.39 is 29.9 Å². The molecular weight excluding hydrogens is 749 g/mol. The summed E-state index contributed by atoms with van der Waals surface area (Å²) >= 11 is 4.69. The van der Waals surface area contributed by atoms with Gasteiger partial charge in [-0.05, 0) is 112 Å². The molecule has 0 radical (unpaired) electrons. The minimum Gasteiger partial charge on any atom is -0.479 e. The maximum atomic E-state index is 12.3. The number of carboxylic acids is 1. The Balaban J connectivity index is 0.000000878. The number of piperazine rings is 1. The molecule has 1 saturated heterocycles. The van der Waals surface area contributed by atoms with Crippen molar-refractivity contribution >= 4 is 36.4 Å². The van der Waals surface area contributed by atoms with Gasteiger partial charge in [-0.2, -0.15) is 12.6 Å². The number of hydrogen-bond donors (Lipinski definition) is 4. The minimum atomic E-state index is -1.22. The van der Waals surface area contributed by atoms with Crippen molar-refractivity contribution in [1.82, 2.24) is 20.4 Å². The molecule has 2 unspecified atom stereocenters. The molecule has 322 valence electrons. The second kappa shape index (κ2) is 23.2. The largest absolute Gasteiger partial charge is 0.479 e. The lowest BCUT2D eigenvalue weighted by atomic mass is 9.95. The average molecular weight is 821 g/mol. The van der Waals surface area contributed by atoms with Crippen LogP contribution >= 0.6 is 12.6 Å². The molecule has 11 heteroatoms. The second-order valence-electron chi connectivity index (χ2n) is 17.9. The van der Waals surface area contributed by atoms with E-state index in [0.29, 0.717) is 23.7 Å². The van der Waals surface area contributed by atoms with Crippen LogP contribution in [0.15, 0.2) is 54.6 Å². The van der Waals surface area contributed by atoms with Crippen molar-refractivity contribution in [3.05, 3.63) is 82.4 Å². The third-order valence-electron chi connectivity index (χ3n) is 11.3. The smallest absolute Gasteiger partial charge is 0.345 e. The molecular formula is C47H72N4O6S. The lowest BCUT2D eigenvalue weighted by molar-refractivity contribution is -0.167. The average Bonchev–Trinajstić information content (AvgIpc) is 3.83. The van der Waals surface area contributed by atoms with Crippen LogP contribution in [-0.4, -0.2) is 95.3 Å². The van der Waals surface area contributed by atoms with Gasteiger partial charge in [0.1, 0.15) is 0 Å². The zero-order chi connectivity index (χ0) is 43.2. The van der Waals surface area contributed by atoms with Crippen LogP contribution in [-0.2, 0) is 30.5 Å². The van der Waals surface area contributed by atoms with E-state index in [1.165, 1.54) is 33.9 Å². The van der Waals surface area contributed by atoms with Gasteiger partial charge in [-0.3, -0.25) is 24.2 Å². The molecule has 2 amide bonds. The van der Waals surface area contributed by atoms with Gasteiger partial charge < -0.3 is 20.5 Å². The highest BCUT2D eigenvalue weighted by Gasteiger charge is 2.49. The molecule has 0 bridgehead atoms. The molecule has 6 atom stereocenters. The highest BCUT2D eigenvalue weighted by Crippen LogP contribution is 2.58. The fraction of sp³-hybridized carbons (Fsp3) is 0.617. The van der Waals surface area contributed by atoms with Crippen LogP contribution in [0.5, 0.6) is 0 Å². The summed E-state index contributed by atoms with van der Waals surface area (Å²) in [7, 11) is 0. The molecule has 58 heavy (non-hydrogen) atoms. The van der Waals surface area contributed by atoms with Crippen molar-refractivity contribution in [2.24, 2.45) is 29.6 Å². The van der Waals surface area contributed by atoms with Crippen molar-refractivity contribution in [2.45, 2.75) is 112 Å². The molecule has 10 nitrogen and oxygen atoms in total. The van der Waals surface area contributed by atoms with Crippen LogP contribution < -0.4 is 10.6 Å². The summed E-state index contributed by atoms with van der Waals surface area (Å²) in [4.78, 5) is 53.1. The number of rotatable bonds is 19. The van der Waals surface area contributed by atoms with Crippen LogP contribution in [0.1, 0.15) is 101 Å². The third kappa shape index (κ3) is 17.3. The number of amides is 2. The van der Waals surface area contributed by atoms with Crippen molar-refractivity contribution < 1.29 is 29.0 Å². The van der Waals surface area contributed by atoms with E-state index in [1.807, 2.05) is 19.9 Å². The van der Waals surface area contributed by atoms with Crippen molar-refractivity contribution in [1.29, 1.82) is 0 Å². The first-order chi connectivity index (χ1) is 27.2. The van der Waals surface area contributed by atoms with E-state index in [2.05, 4.69) is 124 Å². The van der Waals surface area contributed by atoms with Crippen LogP contribution in [0.4, 0.5) is 0 Å². The number of carbonyl (C=O) groups excluding carboxylic acids is 3. The number of carboxylic acid groups (broad SMARTS) is 1. The Morgan fingerprint density at radius 2 is 1.57 bits per heavy atom. The Morgan fingerprint density at radius 3 is 2.14 bits per heavy atom. The van der Waals surface area contributed by atoms with Crippen LogP contribution in [0.25, 0.3) is 0 Å². The van der Waals surface area contributed by atoms with E-state index in [-0.39, 0.29) is 36.1 Å². The quantitative estimate of drug-likeness (QED) is 0.0659. The summed E-state index contributed by atoms with van der Waals surface area (Å²) in [6.07, 6.45) is 4.08. The minimum absolute atomic E-state index is 0.0202. The number of nitrogens with one attached hydrogen (secondary N) is 2. The summed E-state index contributed by atoms with van der Waals surface area (Å²) < 4.78 is 5.14.